The number of aryl methyl sites for hydroxylation is 2. The fourth-order valence-electron chi connectivity index (χ4n) is 3.33. The Morgan fingerprint density at radius 3 is 1.97 bits per heavy atom. The zero-order valence-electron chi connectivity index (χ0n) is 17.4. The number of hydrogen-bond donors (Lipinski definition) is 2. The van der Waals surface area contributed by atoms with Crippen molar-refractivity contribution in [3.05, 3.63) is 96.3 Å². The highest BCUT2D eigenvalue weighted by molar-refractivity contribution is 5.86. The minimum atomic E-state index is 0.654. The number of nitrogens with zero attached hydrogens (tertiary/aromatic N) is 4. The van der Waals surface area contributed by atoms with E-state index in [9.17, 15) is 0 Å². The molecule has 5 aromatic rings. The second-order valence-electron chi connectivity index (χ2n) is 7.52. The molecule has 0 aliphatic rings. The van der Waals surface area contributed by atoms with Gasteiger partial charge in [-0.3, -0.25) is 0 Å². The molecule has 0 unspecified atom stereocenters. The van der Waals surface area contributed by atoms with Gasteiger partial charge >= 0.3 is 0 Å². The Bertz CT molecular complexity index is 1320. The van der Waals surface area contributed by atoms with Crippen LogP contribution in [0.1, 0.15) is 11.1 Å². The summed E-state index contributed by atoms with van der Waals surface area (Å²) in [7, 11) is 0. The van der Waals surface area contributed by atoms with Crippen LogP contribution >= 0.6 is 0 Å². The van der Waals surface area contributed by atoms with Crippen molar-refractivity contribution >= 4 is 28.5 Å². The van der Waals surface area contributed by atoms with Crippen LogP contribution in [0.4, 0.5) is 22.9 Å². The highest BCUT2D eigenvalue weighted by atomic mass is 15.3. The van der Waals surface area contributed by atoms with Crippen LogP contribution in [-0.4, -0.2) is 19.6 Å². The van der Waals surface area contributed by atoms with Gasteiger partial charge in [-0.25, -0.2) is 9.97 Å². The topological polar surface area (TPSA) is 67.1 Å². The Kier molecular flexibility index (Phi) is 4.80. The van der Waals surface area contributed by atoms with Gasteiger partial charge in [-0.2, -0.15) is 4.52 Å². The molecule has 0 saturated carbocycles. The van der Waals surface area contributed by atoms with Gasteiger partial charge in [0.05, 0.1) is 0 Å². The Hall–Kier alpha value is -4.19. The predicted molar refractivity (Wildman–Crippen MR) is 125 cm³/mol. The number of anilines is 4. The van der Waals surface area contributed by atoms with Crippen molar-refractivity contribution in [3.63, 3.8) is 0 Å². The summed E-state index contributed by atoms with van der Waals surface area (Å²) in [6, 6.07) is 26.4. The lowest BCUT2D eigenvalue weighted by molar-refractivity contribution is 0.928. The zero-order chi connectivity index (χ0) is 21.2. The first-order valence-corrected chi connectivity index (χ1v) is 10.1. The van der Waals surface area contributed by atoms with E-state index >= 15 is 0 Å². The van der Waals surface area contributed by atoms with E-state index < -0.39 is 0 Å². The molecule has 152 valence electrons. The van der Waals surface area contributed by atoms with Crippen LogP contribution in [0, 0.1) is 13.8 Å². The quantitative estimate of drug-likeness (QED) is 0.381. The minimum absolute atomic E-state index is 0.654. The second-order valence-corrected chi connectivity index (χ2v) is 7.52. The van der Waals surface area contributed by atoms with Crippen LogP contribution in [-0.2, 0) is 0 Å². The number of fused-ring (bicyclic) bond motifs is 1. The summed E-state index contributed by atoms with van der Waals surface area (Å²) in [5.74, 6) is 1.34. The van der Waals surface area contributed by atoms with Gasteiger partial charge < -0.3 is 10.6 Å². The number of nitrogens with one attached hydrogen (secondary N) is 2. The molecule has 5 rings (SSSR count). The van der Waals surface area contributed by atoms with Crippen molar-refractivity contribution in [2.24, 2.45) is 0 Å². The van der Waals surface area contributed by atoms with E-state index in [2.05, 4.69) is 58.8 Å². The number of aromatic nitrogens is 4. The standard InChI is InChI=1S/C25H22N6/c1-17-8-12-20(13-9-17)27-22-24(28-21-14-10-18(2)11-15-21)26-16-31-25(22)29-23(30-31)19-6-4-3-5-7-19/h3-16,27-28H,1-2H3. The molecule has 0 aliphatic heterocycles. The van der Waals surface area contributed by atoms with Crippen LogP contribution in [0.15, 0.2) is 85.2 Å². The largest absolute Gasteiger partial charge is 0.349 e. The molecule has 6 nitrogen and oxygen atoms in total. The molecule has 0 radical (unpaired) electrons. The molecule has 0 saturated heterocycles. The summed E-state index contributed by atoms with van der Waals surface area (Å²) < 4.78 is 1.71. The number of benzene rings is 3. The number of hydrogen-bond acceptors (Lipinski definition) is 5. The van der Waals surface area contributed by atoms with Gasteiger partial charge in [0.15, 0.2) is 17.3 Å². The van der Waals surface area contributed by atoms with Gasteiger partial charge in [-0.15, -0.1) is 5.10 Å². The van der Waals surface area contributed by atoms with Crippen molar-refractivity contribution < 1.29 is 0 Å². The zero-order valence-corrected chi connectivity index (χ0v) is 17.4. The monoisotopic (exact) mass is 406 g/mol. The Morgan fingerprint density at radius 2 is 1.32 bits per heavy atom. The lowest BCUT2D eigenvalue weighted by Crippen LogP contribution is -2.04. The molecule has 0 amide bonds. The van der Waals surface area contributed by atoms with Crippen molar-refractivity contribution in [1.82, 2.24) is 19.6 Å². The third-order valence-electron chi connectivity index (χ3n) is 5.06. The Balaban J connectivity index is 1.62. The van der Waals surface area contributed by atoms with Gasteiger partial charge in [-0.05, 0) is 38.1 Å². The van der Waals surface area contributed by atoms with E-state index in [1.165, 1.54) is 11.1 Å². The van der Waals surface area contributed by atoms with Gasteiger partial charge in [0.1, 0.15) is 12.0 Å². The van der Waals surface area contributed by atoms with Crippen LogP contribution in [0.25, 0.3) is 17.0 Å². The van der Waals surface area contributed by atoms with Crippen molar-refractivity contribution in [1.29, 1.82) is 0 Å². The van der Waals surface area contributed by atoms with E-state index in [1.807, 2.05) is 54.6 Å². The molecule has 0 fully saturated rings. The van der Waals surface area contributed by atoms with Crippen LogP contribution in [0.5, 0.6) is 0 Å². The molecule has 0 spiro atoms. The fourth-order valence-corrected chi connectivity index (χ4v) is 3.33. The maximum Gasteiger partial charge on any atom is 0.185 e. The van der Waals surface area contributed by atoms with Gasteiger partial charge in [0.25, 0.3) is 0 Å². The summed E-state index contributed by atoms with van der Waals surface area (Å²) >= 11 is 0. The molecule has 2 N–H and O–H groups in total. The third kappa shape index (κ3) is 3.96. The van der Waals surface area contributed by atoms with Crippen LogP contribution < -0.4 is 10.6 Å². The highest BCUT2D eigenvalue weighted by Crippen LogP contribution is 2.31. The Labute approximate surface area is 180 Å². The SMILES string of the molecule is Cc1ccc(Nc2ncn3nc(-c4ccccc4)nc3c2Nc2ccc(C)cc2)cc1. The van der Waals surface area contributed by atoms with E-state index in [1.54, 1.807) is 10.8 Å². The summed E-state index contributed by atoms with van der Waals surface area (Å²) in [5.41, 5.74) is 6.74. The molecule has 0 atom stereocenters. The molecular weight excluding hydrogens is 384 g/mol. The van der Waals surface area contributed by atoms with E-state index in [0.29, 0.717) is 17.3 Å². The van der Waals surface area contributed by atoms with Crippen LogP contribution in [0.3, 0.4) is 0 Å². The predicted octanol–water partition coefficient (Wildman–Crippen LogP) is 5.90. The minimum Gasteiger partial charge on any atom is -0.349 e. The molecule has 6 heteroatoms. The molecule has 0 aliphatic carbocycles. The first-order valence-electron chi connectivity index (χ1n) is 10.1. The first kappa shape index (κ1) is 18.8. The summed E-state index contributed by atoms with van der Waals surface area (Å²) in [5, 5.41) is 11.5. The maximum atomic E-state index is 4.82. The van der Waals surface area contributed by atoms with Crippen molar-refractivity contribution in [3.8, 4) is 11.4 Å². The van der Waals surface area contributed by atoms with Crippen LogP contribution in [0.2, 0.25) is 0 Å². The Morgan fingerprint density at radius 1 is 0.710 bits per heavy atom. The molecular formula is C25H22N6. The molecule has 31 heavy (non-hydrogen) atoms. The van der Waals surface area contributed by atoms with E-state index in [0.717, 1.165) is 22.6 Å². The van der Waals surface area contributed by atoms with Gasteiger partial charge in [0, 0.05) is 16.9 Å². The van der Waals surface area contributed by atoms with E-state index in [4.69, 9.17) is 4.98 Å². The molecule has 3 aromatic carbocycles. The van der Waals surface area contributed by atoms with Gasteiger partial charge in [0.2, 0.25) is 0 Å². The summed E-state index contributed by atoms with van der Waals surface area (Å²) in [6.07, 6.45) is 1.69. The molecule has 2 aromatic heterocycles. The lowest BCUT2D eigenvalue weighted by Gasteiger charge is -2.14. The summed E-state index contributed by atoms with van der Waals surface area (Å²) in [6.45, 7) is 4.14. The van der Waals surface area contributed by atoms with E-state index in [-0.39, 0.29) is 0 Å². The van der Waals surface area contributed by atoms with Crippen molar-refractivity contribution in [2.75, 3.05) is 10.6 Å². The molecule has 2 heterocycles. The molecule has 0 bridgehead atoms. The highest BCUT2D eigenvalue weighted by Gasteiger charge is 2.16. The first-order chi connectivity index (χ1) is 15.2. The average molecular weight is 406 g/mol. The third-order valence-corrected chi connectivity index (χ3v) is 5.06. The fraction of sp³-hybridized carbons (Fsp3) is 0.0800. The lowest BCUT2D eigenvalue weighted by atomic mass is 10.2. The number of rotatable bonds is 5. The summed E-state index contributed by atoms with van der Waals surface area (Å²) in [4.78, 5) is 9.45. The average Bonchev–Trinajstić information content (AvgIpc) is 3.24. The van der Waals surface area contributed by atoms with Crippen molar-refractivity contribution in [2.45, 2.75) is 13.8 Å². The maximum absolute atomic E-state index is 4.82. The van der Waals surface area contributed by atoms with Gasteiger partial charge in [-0.1, -0.05) is 65.7 Å². The smallest absolute Gasteiger partial charge is 0.185 e. The second kappa shape index (κ2) is 7.91. The normalized spacial score (nSPS) is 10.9.